The van der Waals surface area contributed by atoms with E-state index in [0.717, 1.165) is 36.1 Å². The molecule has 23 heavy (non-hydrogen) atoms. The van der Waals surface area contributed by atoms with Crippen LogP contribution in [-0.2, 0) is 7.05 Å². The molecule has 2 aromatic heterocycles. The van der Waals surface area contributed by atoms with Crippen LogP contribution < -0.4 is 10.6 Å². The van der Waals surface area contributed by atoms with E-state index >= 15 is 0 Å². The second-order valence-corrected chi connectivity index (χ2v) is 5.75. The van der Waals surface area contributed by atoms with Crippen molar-refractivity contribution < 1.29 is 0 Å². The normalized spacial score (nSPS) is 10.9. The van der Waals surface area contributed by atoms with Gasteiger partial charge in [-0.15, -0.1) is 0 Å². The Kier molecular flexibility index (Phi) is 4.62. The van der Waals surface area contributed by atoms with Gasteiger partial charge in [0.2, 0.25) is 5.95 Å². The van der Waals surface area contributed by atoms with E-state index in [0.29, 0.717) is 16.8 Å². The molecule has 0 amide bonds. The minimum atomic E-state index is 0.596. The Morgan fingerprint density at radius 3 is 2.91 bits per heavy atom. The fraction of sp³-hybridized carbons (Fsp3) is 0.312. The SMILES string of the molecule is CCCCNc1nc(Nc2cccc(Cl)c2)c2cnn(C)c2n1. The molecule has 0 fully saturated rings. The molecular weight excluding hydrogens is 312 g/mol. The molecule has 120 valence electrons. The van der Waals surface area contributed by atoms with Gasteiger partial charge in [-0.05, 0) is 24.6 Å². The number of nitrogens with zero attached hydrogens (tertiary/aromatic N) is 4. The number of hydrogen-bond acceptors (Lipinski definition) is 5. The molecule has 3 rings (SSSR count). The Balaban J connectivity index is 1.96. The second-order valence-electron chi connectivity index (χ2n) is 5.32. The predicted molar refractivity (Wildman–Crippen MR) is 94.4 cm³/mol. The Morgan fingerprint density at radius 1 is 1.26 bits per heavy atom. The van der Waals surface area contributed by atoms with Gasteiger partial charge in [0.05, 0.1) is 11.6 Å². The van der Waals surface area contributed by atoms with E-state index in [1.165, 1.54) is 0 Å². The van der Waals surface area contributed by atoms with Gasteiger partial charge in [-0.1, -0.05) is 31.0 Å². The average Bonchev–Trinajstić information content (AvgIpc) is 2.90. The molecule has 0 atom stereocenters. The summed E-state index contributed by atoms with van der Waals surface area (Å²) in [5, 5.41) is 12.4. The van der Waals surface area contributed by atoms with E-state index < -0.39 is 0 Å². The third-order valence-electron chi connectivity index (χ3n) is 3.49. The van der Waals surface area contributed by atoms with Crippen LogP contribution in [0, 0.1) is 0 Å². The lowest BCUT2D eigenvalue weighted by atomic mass is 10.3. The number of hydrogen-bond donors (Lipinski definition) is 2. The molecule has 7 heteroatoms. The van der Waals surface area contributed by atoms with Crippen molar-refractivity contribution in [3.63, 3.8) is 0 Å². The molecule has 6 nitrogen and oxygen atoms in total. The highest BCUT2D eigenvalue weighted by Crippen LogP contribution is 2.26. The number of aromatic nitrogens is 4. The maximum Gasteiger partial charge on any atom is 0.226 e. The van der Waals surface area contributed by atoms with Gasteiger partial charge in [0, 0.05) is 24.3 Å². The molecule has 0 spiro atoms. The van der Waals surface area contributed by atoms with Gasteiger partial charge in [0.15, 0.2) is 5.65 Å². The Bertz CT molecular complexity index is 813. The van der Waals surface area contributed by atoms with E-state index in [-0.39, 0.29) is 0 Å². The van der Waals surface area contributed by atoms with Crippen molar-refractivity contribution in [3.05, 3.63) is 35.5 Å². The third kappa shape index (κ3) is 3.53. The van der Waals surface area contributed by atoms with Crippen LogP contribution in [0.3, 0.4) is 0 Å². The predicted octanol–water partition coefficient (Wildman–Crippen LogP) is 3.97. The first-order chi connectivity index (χ1) is 11.2. The Morgan fingerprint density at radius 2 is 2.13 bits per heavy atom. The van der Waals surface area contributed by atoms with Crippen molar-refractivity contribution in [3.8, 4) is 0 Å². The minimum absolute atomic E-state index is 0.596. The molecule has 0 saturated carbocycles. The van der Waals surface area contributed by atoms with E-state index in [4.69, 9.17) is 11.6 Å². The van der Waals surface area contributed by atoms with Gasteiger partial charge >= 0.3 is 0 Å². The first-order valence-corrected chi connectivity index (χ1v) is 8.01. The fourth-order valence-corrected chi connectivity index (χ4v) is 2.47. The molecular formula is C16H19ClN6. The Hall–Kier alpha value is -2.34. The van der Waals surface area contributed by atoms with Crippen LogP contribution in [0.4, 0.5) is 17.5 Å². The number of halogens is 1. The van der Waals surface area contributed by atoms with Crippen molar-refractivity contribution in [2.24, 2.45) is 7.05 Å². The lowest BCUT2D eigenvalue weighted by Crippen LogP contribution is -2.08. The highest BCUT2D eigenvalue weighted by Gasteiger charge is 2.11. The summed E-state index contributed by atoms with van der Waals surface area (Å²) in [7, 11) is 1.87. The van der Waals surface area contributed by atoms with Crippen LogP contribution >= 0.6 is 11.6 Å². The summed E-state index contributed by atoms with van der Waals surface area (Å²) < 4.78 is 1.74. The number of unbranched alkanes of at least 4 members (excludes halogenated alkanes) is 1. The quantitative estimate of drug-likeness (QED) is 0.669. The molecule has 0 aliphatic carbocycles. The number of nitrogens with one attached hydrogen (secondary N) is 2. The zero-order chi connectivity index (χ0) is 16.2. The van der Waals surface area contributed by atoms with E-state index in [2.05, 4.69) is 32.6 Å². The molecule has 1 aromatic carbocycles. The molecule has 0 saturated heterocycles. The minimum Gasteiger partial charge on any atom is -0.354 e. The zero-order valence-electron chi connectivity index (χ0n) is 13.2. The number of anilines is 3. The molecule has 0 bridgehead atoms. The van der Waals surface area contributed by atoms with Crippen LogP contribution in [0.25, 0.3) is 11.0 Å². The first kappa shape index (κ1) is 15.6. The number of aryl methyl sites for hydroxylation is 1. The molecule has 3 aromatic rings. The van der Waals surface area contributed by atoms with Gasteiger partial charge < -0.3 is 10.6 Å². The summed E-state index contributed by atoms with van der Waals surface area (Å²) in [6, 6.07) is 7.53. The summed E-state index contributed by atoms with van der Waals surface area (Å²) in [4.78, 5) is 9.12. The van der Waals surface area contributed by atoms with Crippen molar-refractivity contribution in [2.45, 2.75) is 19.8 Å². The highest BCUT2D eigenvalue weighted by atomic mass is 35.5. The standard InChI is InChI=1S/C16H19ClN6/c1-3-4-8-18-16-21-14(13-10-19-23(2)15(13)22-16)20-12-7-5-6-11(17)9-12/h5-7,9-10H,3-4,8H2,1-2H3,(H2,18,20,21,22). The van der Waals surface area contributed by atoms with E-state index in [1.54, 1.807) is 10.9 Å². The fourth-order valence-electron chi connectivity index (χ4n) is 2.28. The molecule has 0 radical (unpaired) electrons. The van der Waals surface area contributed by atoms with Gasteiger partial charge in [-0.25, -0.2) is 0 Å². The molecule has 2 heterocycles. The Labute approximate surface area is 139 Å². The van der Waals surface area contributed by atoms with Crippen LogP contribution in [0.2, 0.25) is 5.02 Å². The highest BCUT2D eigenvalue weighted by molar-refractivity contribution is 6.30. The van der Waals surface area contributed by atoms with Gasteiger partial charge in [-0.2, -0.15) is 15.1 Å². The lowest BCUT2D eigenvalue weighted by molar-refractivity contribution is 0.783. The summed E-state index contributed by atoms with van der Waals surface area (Å²) in [6.07, 6.45) is 3.95. The van der Waals surface area contributed by atoms with Crippen molar-refractivity contribution in [1.82, 2.24) is 19.7 Å². The van der Waals surface area contributed by atoms with Crippen molar-refractivity contribution in [2.75, 3.05) is 17.2 Å². The maximum atomic E-state index is 6.05. The number of fused-ring (bicyclic) bond motifs is 1. The lowest BCUT2D eigenvalue weighted by Gasteiger charge is -2.10. The van der Waals surface area contributed by atoms with Crippen LogP contribution in [0.15, 0.2) is 30.5 Å². The molecule has 2 N–H and O–H groups in total. The molecule has 0 aliphatic heterocycles. The van der Waals surface area contributed by atoms with Gasteiger partial charge in [0.1, 0.15) is 5.82 Å². The monoisotopic (exact) mass is 330 g/mol. The summed E-state index contributed by atoms with van der Waals surface area (Å²) in [5.41, 5.74) is 1.66. The third-order valence-corrected chi connectivity index (χ3v) is 3.73. The topological polar surface area (TPSA) is 67.7 Å². The van der Waals surface area contributed by atoms with Crippen molar-refractivity contribution >= 4 is 40.1 Å². The van der Waals surface area contributed by atoms with Gasteiger partial charge in [-0.3, -0.25) is 4.68 Å². The summed E-state index contributed by atoms with van der Waals surface area (Å²) >= 11 is 6.05. The average molecular weight is 331 g/mol. The largest absolute Gasteiger partial charge is 0.354 e. The first-order valence-electron chi connectivity index (χ1n) is 7.63. The maximum absolute atomic E-state index is 6.05. The zero-order valence-corrected chi connectivity index (χ0v) is 13.9. The van der Waals surface area contributed by atoms with Gasteiger partial charge in [0.25, 0.3) is 0 Å². The molecule has 0 aliphatic rings. The summed E-state index contributed by atoms with van der Waals surface area (Å²) in [5.74, 6) is 1.31. The number of rotatable bonds is 6. The smallest absolute Gasteiger partial charge is 0.226 e. The van der Waals surface area contributed by atoms with E-state index in [9.17, 15) is 0 Å². The second kappa shape index (κ2) is 6.83. The van der Waals surface area contributed by atoms with Crippen LogP contribution in [-0.4, -0.2) is 26.3 Å². The summed E-state index contributed by atoms with van der Waals surface area (Å²) in [6.45, 7) is 3.00. The van der Waals surface area contributed by atoms with Crippen LogP contribution in [0.1, 0.15) is 19.8 Å². The van der Waals surface area contributed by atoms with E-state index in [1.807, 2.05) is 31.3 Å². The van der Waals surface area contributed by atoms with Crippen molar-refractivity contribution in [1.29, 1.82) is 0 Å². The van der Waals surface area contributed by atoms with Crippen LogP contribution in [0.5, 0.6) is 0 Å². The molecule has 0 unspecified atom stereocenters. The number of benzene rings is 1.